The van der Waals surface area contributed by atoms with E-state index >= 15 is 0 Å². The fraction of sp³-hybridized carbons (Fsp3) is 0.429. The zero-order chi connectivity index (χ0) is 15.9. The van der Waals surface area contributed by atoms with Gasteiger partial charge in [-0.25, -0.2) is 0 Å². The van der Waals surface area contributed by atoms with E-state index in [2.05, 4.69) is 27.6 Å². The number of hydrogen-bond acceptors (Lipinski definition) is 6. The van der Waals surface area contributed by atoms with Crippen LogP contribution in [-0.4, -0.2) is 62.7 Å². The summed E-state index contributed by atoms with van der Waals surface area (Å²) < 4.78 is 12.0. The minimum absolute atomic E-state index is 0.456. The van der Waals surface area contributed by atoms with Crippen molar-refractivity contribution in [1.82, 2.24) is 4.98 Å². The molecule has 0 radical (unpaired) electrons. The van der Waals surface area contributed by atoms with Crippen molar-refractivity contribution < 1.29 is 29.9 Å². The number of ether oxygens (including phenoxy) is 2. The smallest absolute Gasteiger partial charge is 0.229 e. The monoisotopic (exact) mass is 421 g/mol. The van der Waals surface area contributed by atoms with Crippen LogP contribution in [-0.2, 0) is 4.74 Å². The predicted octanol–water partition coefficient (Wildman–Crippen LogP) is -0.0488. The fourth-order valence-electron chi connectivity index (χ4n) is 2.45. The topological polar surface area (TPSA) is 115 Å². The SMILES string of the molecule is OC[C@H]1O[C@H](Oc2c[nH]c3ccc(I)cc23)[C@H](O)[C@@H](O)[C@@H]1O. The van der Waals surface area contributed by atoms with Crippen LogP contribution in [0.5, 0.6) is 5.75 Å². The number of aliphatic hydroxyl groups is 4. The second kappa shape index (κ2) is 6.30. The van der Waals surface area contributed by atoms with E-state index in [0.717, 1.165) is 14.5 Å². The molecule has 1 aromatic carbocycles. The Kier molecular flexibility index (Phi) is 4.57. The number of aromatic amines is 1. The summed E-state index contributed by atoms with van der Waals surface area (Å²) in [6.45, 7) is -0.489. The number of halogens is 1. The third kappa shape index (κ3) is 2.82. The molecule has 2 heterocycles. The molecule has 1 aromatic heterocycles. The summed E-state index contributed by atoms with van der Waals surface area (Å²) in [5, 5.41) is 39.5. The van der Waals surface area contributed by atoms with Crippen LogP contribution in [0.3, 0.4) is 0 Å². The summed E-state index contributed by atoms with van der Waals surface area (Å²) in [7, 11) is 0. The number of aromatic nitrogens is 1. The highest BCUT2D eigenvalue weighted by Gasteiger charge is 2.44. The Morgan fingerprint density at radius 3 is 2.68 bits per heavy atom. The first-order valence-corrected chi connectivity index (χ1v) is 7.83. The van der Waals surface area contributed by atoms with Gasteiger partial charge in [0.2, 0.25) is 6.29 Å². The summed E-state index contributed by atoms with van der Waals surface area (Å²) >= 11 is 2.18. The molecule has 3 rings (SSSR count). The summed E-state index contributed by atoms with van der Waals surface area (Å²) in [5.74, 6) is 0.456. The Morgan fingerprint density at radius 2 is 1.95 bits per heavy atom. The van der Waals surface area contributed by atoms with Crippen LogP contribution in [0, 0.1) is 3.57 Å². The summed E-state index contributed by atoms with van der Waals surface area (Å²) in [6.07, 6.45) is -4.83. The molecule has 1 fully saturated rings. The first kappa shape index (κ1) is 16.0. The maximum Gasteiger partial charge on any atom is 0.229 e. The number of H-pyrrole nitrogens is 1. The van der Waals surface area contributed by atoms with E-state index in [-0.39, 0.29) is 0 Å². The molecule has 0 spiro atoms. The Bertz CT molecular complexity index is 660. The zero-order valence-corrected chi connectivity index (χ0v) is 13.5. The van der Waals surface area contributed by atoms with E-state index in [9.17, 15) is 20.4 Å². The highest BCUT2D eigenvalue weighted by atomic mass is 127. The maximum atomic E-state index is 9.99. The molecule has 5 N–H and O–H groups in total. The van der Waals surface area contributed by atoms with Gasteiger partial charge < -0.3 is 34.9 Å². The Hall–Kier alpha value is -0.910. The van der Waals surface area contributed by atoms with Crippen LogP contribution < -0.4 is 4.74 Å². The van der Waals surface area contributed by atoms with Crippen molar-refractivity contribution in [1.29, 1.82) is 0 Å². The van der Waals surface area contributed by atoms with Crippen LogP contribution in [0.4, 0.5) is 0 Å². The number of rotatable bonds is 3. The van der Waals surface area contributed by atoms with Gasteiger partial charge in [-0.2, -0.15) is 0 Å². The highest BCUT2D eigenvalue weighted by molar-refractivity contribution is 14.1. The third-order valence-electron chi connectivity index (χ3n) is 3.70. The Labute approximate surface area is 139 Å². The van der Waals surface area contributed by atoms with Crippen molar-refractivity contribution in [3.8, 4) is 5.75 Å². The van der Waals surface area contributed by atoms with Crippen molar-refractivity contribution in [3.05, 3.63) is 28.0 Å². The summed E-state index contributed by atoms with van der Waals surface area (Å²) in [5.41, 5.74) is 0.861. The molecule has 0 unspecified atom stereocenters. The highest BCUT2D eigenvalue weighted by Crippen LogP contribution is 2.30. The number of aliphatic hydroxyl groups excluding tert-OH is 4. The Balaban J connectivity index is 1.85. The molecule has 7 nitrogen and oxygen atoms in total. The molecule has 2 aromatic rings. The van der Waals surface area contributed by atoms with E-state index in [1.807, 2.05) is 18.2 Å². The van der Waals surface area contributed by atoms with Gasteiger partial charge in [0, 0.05) is 20.7 Å². The first-order valence-electron chi connectivity index (χ1n) is 6.75. The number of fused-ring (bicyclic) bond motifs is 1. The lowest BCUT2D eigenvalue weighted by atomic mass is 9.99. The standard InChI is InChI=1S/C14H16INO6/c15-6-1-2-8-7(3-6)9(4-16-8)21-14-13(20)12(19)11(18)10(5-17)22-14/h1-4,10-14,16-20H,5H2/t10-,11-,12+,13-,14+/m1/s1. The molecule has 120 valence electrons. The molecule has 0 saturated carbocycles. The summed E-state index contributed by atoms with van der Waals surface area (Å²) in [6, 6.07) is 5.75. The van der Waals surface area contributed by atoms with Crippen LogP contribution in [0.1, 0.15) is 0 Å². The van der Waals surface area contributed by atoms with E-state index < -0.39 is 37.3 Å². The average molecular weight is 421 g/mol. The van der Waals surface area contributed by atoms with Gasteiger partial charge in [0.15, 0.2) is 0 Å². The van der Waals surface area contributed by atoms with E-state index in [1.165, 1.54) is 0 Å². The van der Waals surface area contributed by atoms with Gasteiger partial charge in [0.1, 0.15) is 30.2 Å². The maximum absolute atomic E-state index is 9.99. The molecular formula is C14H16INO6. The lowest BCUT2D eigenvalue weighted by Gasteiger charge is -2.39. The second-order valence-electron chi connectivity index (χ2n) is 5.16. The first-order chi connectivity index (χ1) is 10.5. The molecule has 8 heteroatoms. The minimum atomic E-state index is -1.46. The molecule has 1 saturated heterocycles. The minimum Gasteiger partial charge on any atom is -0.460 e. The van der Waals surface area contributed by atoms with Gasteiger partial charge in [-0.15, -0.1) is 0 Å². The van der Waals surface area contributed by atoms with E-state index in [0.29, 0.717) is 5.75 Å². The number of hydrogen-bond donors (Lipinski definition) is 5. The quantitative estimate of drug-likeness (QED) is 0.444. The average Bonchev–Trinajstić information content (AvgIpc) is 2.90. The zero-order valence-electron chi connectivity index (χ0n) is 11.4. The van der Waals surface area contributed by atoms with Crippen molar-refractivity contribution in [3.63, 3.8) is 0 Å². The summed E-state index contributed by atoms with van der Waals surface area (Å²) in [4.78, 5) is 3.04. The normalized spacial score (nSPS) is 32.3. The van der Waals surface area contributed by atoms with Crippen LogP contribution in [0.2, 0.25) is 0 Å². The van der Waals surface area contributed by atoms with Gasteiger partial charge in [0.05, 0.1) is 6.61 Å². The molecule has 1 aliphatic heterocycles. The predicted molar refractivity (Wildman–Crippen MR) is 85.4 cm³/mol. The lowest BCUT2D eigenvalue weighted by molar-refractivity contribution is -0.277. The van der Waals surface area contributed by atoms with E-state index in [1.54, 1.807) is 6.20 Å². The molecule has 1 aliphatic rings. The van der Waals surface area contributed by atoms with E-state index in [4.69, 9.17) is 9.47 Å². The van der Waals surface area contributed by atoms with Gasteiger partial charge in [0.25, 0.3) is 0 Å². The third-order valence-corrected chi connectivity index (χ3v) is 4.37. The van der Waals surface area contributed by atoms with Crippen LogP contribution in [0.15, 0.2) is 24.4 Å². The van der Waals surface area contributed by atoms with Crippen molar-refractivity contribution >= 4 is 33.5 Å². The molecule has 22 heavy (non-hydrogen) atoms. The number of nitrogens with one attached hydrogen (secondary N) is 1. The largest absolute Gasteiger partial charge is 0.460 e. The molecule has 0 amide bonds. The van der Waals surface area contributed by atoms with Crippen LogP contribution in [0.25, 0.3) is 10.9 Å². The van der Waals surface area contributed by atoms with Gasteiger partial charge in [-0.3, -0.25) is 0 Å². The number of benzene rings is 1. The molecule has 0 aliphatic carbocycles. The van der Waals surface area contributed by atoms with Gasteiger partial charge in [-0.05, 0) is 40.8 Å². The van der Waals surface area contributed by atoms with Crippen molar-refractivity contribution in [2.24, 2.45) is 0 Å². The fourth-order valence-corrected chi connectivity index (χ4v) is 2.95. The van der Waals surface area contributed by atoms with Gasteiger partial charge >= 0.3 is 0 Å². The van der Waals surface area contributed by atoms with Crippen molar-refractivity contribution in [2.45, 2.75) is 30.7 Å². The molecule has 5 atom stereocenters. The van der Waals surface area contributed by atoms with Crippen LogP contribution >= 0.6 is 22.6 Å². The van der Waals surface area contributed by atoms with Crippen molar-refractivity contribution in [2.75, 3.05) is 6.61 Å². The van der Waals surface area contributed by atoms with Gasteiger partial charge in [-0.1, -0.05) is 0 Å². The lowest BCUT2D eigenvalue weighted by Crippen LogP contribution is -2.60. The molecular weight excluding hydrogens is 405 g/mol. The second-order valence-corrected chi connectivity index (χ2v) is 6.40. The Morgan fingerprint density at radius 1 is 1.18 bits per heavy atom. The molecule has 0 bridgehead atoms.